The minimum atomic E-state index is -3.87. The molecular weight excluding hydrogens is 302 g/mol. The normalized spacial score (nSPS) is 13.9. The zero-order valence-electron chi connectivity index (χ0n) is 11.5. The Morgan fingerprint density at radius 1 is 1.35 bits per heavy atom. The average molecular weight is 320 g/mol. The Kier molecular flexibility index (Phi) is 4.81. The molecule has 0 spiro atoms. The maximum atomic E-state index is 12.0. The molecule has 1 rings (SSSR count). The van der Waals surface area contributed by atoms with Gasteiger partial charge in [-0.3, -0.25) is 4.79 Å². The predicted molar refractivity (Wildman–Crippen MR) is 78.9 cm³/mol. The molecule has 5 N–H and O–H groups in total. The second-order valence-electron chi connectivity index (χ2n) is 5.52. The summed E-state index contributed by atoms with van der Waals surface area (Å²) < 4.78 is 22.5. The highest BCUT2D eigenvalue weighted by atomic mass is 35.5. The summed E-state index contributed by atoms with van der Waals surface area (Å²) >= 11 is 5.92. The highest BCUT2D eigenvalue weighted by Gasteiger charge is 2.28. The molecule has 1 unspecified atom stereocenters. The lowest BCUT2D eigenvalue weighted by Gasteiger charge is -2.26. The average Bonchev–Trinajstić information content (AvgIpc) is 2.28. The molecular formula is C12H18ClN3O3S. The maximum Gasteiger partial charge on any atom is 0.241 e. The van der Waals surface area contributed by atoms with Crippen molar-refractivity contribution >= 4 is 33.2 Å². The van der Waals surface area contributed by atoms with Crippen molar-refractivity contribution in [1.29, 1.82) is 0 Å². The highest BCUT2D eigenvalue weighted by Crippen LogP contribution is 2.26. The Bertz CT molecular complexity index is 623. The highest BCUT2D eigenvalue weighted by molar-refractivity contribution is 7.89. The van der Waals surface area contributed by atoms with Crippen LogP contribution in [0.1, 0.15) is 20.8 Å². The third-order valence-electron chi connectivity index (χ3n) is 2.74. The van der Waals surface area contributed by atoms with Gasteiger partial charge in [0, 0.05) is 0 Å². The fraction of sp³-hybridized carbons (Fsp3) is 0.417. The quantitative estimate of drug-likeness (QED) is 0.778. The van der Waals surface area contributed by atoms with Crippen LogP contribution in [0.15, 0.2) is 23.1 Å². The van der Waals surface area contributed by atoms with Crippen LogP contribution in [0, 0.1) is 5.41 Å². The molecule has 0 radical (unpaired) electrons. The van der Waals surface area contributed by atoms with Gasteiger partial charge in [0.2, 0.25) is 15.9 Å². The second kappa shape index (κ2) is 5.69. The predicted octanol–water partition coefficient (Wildman–Crippen LogP) is 1.30. The first-order chi connectivity index (χ1) is 8.93. The summed E-state index contributed by atoms with van der Waals surface area (Å²) in [6.45, 7) is 5.46. The van der Waals surface area contributed by atoms with Gasteiger partial charge < -0.3 is 11.1 Å². The van der Waals surface area contributed by atoms with E-state index in [1.165, 1.54) is 18.2 Å². The summed E-state index contributed by atoms with van der Waals surface area (Å²) in [5.74, 6) is -0.453. The largest absolute Gasteiger partial charge is 0.323 e. The van der Waals surface area contributed by atoms with Crippen molar-refractivity contribution in [2.75, 3.05) is 5.32 Å². The molecule has 1 atom stereocenters. The number of nitrogens with two attached hydrogens (primary N) is 2. The summed E-state index contributed by atoms with van der Waals surface area (Å²) in [5, 5.41) is 7.74. The van der Waals surface area contributed by atoms with Gasteiger partial charge in [-0.25, -0.2) is 13.6 Å². The number of rotatable bonds is 3. The van der Waals surface area contributed by atoms with E-state index in [4.69, 9.17) is 22.5 Å². The number of amides is 1. The van der Waals surface area contributed by atoms with E-state index in [1.54, 1.807) is 0 Å². The molecule has 0 aliphatic heterocycles. The fourth-order valence-corrected chi connectivity index (χ4v) is 2.09. The van der Waals surface area contributed by atoms with Crippen molar-refractivity contribution in [3.63, 3.8) is 0 Å². The van der Waals surface area contributed by atoms with Crippen molar-refractivity contribution in [1.82, 2.24) is 0 Å². The zero-order valence-corrected chi connectivity index (χ0v) is 13.0. The van der Waals surface area contributed by atoms with Gasteiger partial charge in [0.25, 0.3) is 0 Å². The zero-order chi connectivity index (χ0) is 15.7. The lowest BCUT2D eigenvalue weighted by atomic mass is 9.87. The summed E-state index contributed by atoms with van der Waals surface area (Å²) in [6, 6.07) is 3.04. The van der Waals surface area contributed by atoms with E-state index in [1.807, 2.05) is 20.8 Å². The van der Waals surface area contributed by atoms with Crippen LogP contribution in [-0.4, -0.2) is 20.4 Å². The lowest BCUT2D eigenvalue weighted by Crippen LogP contribution is -2.45. The maximum absolute atomic E-state index is 12.0. The molecule has 1 amide bonds. The van der Waals surface area contributed by atoms with Crippen LogP contribution >= 0.6 is 11.6 Å². The smallest absolute Gasteiger partial charge is 0.241 e. The monoisotopic (exact) mass is 319 g/mol. The summed E-state index contributed by atoms with van der Waals surface area (Å²) in [4.78, 5) is 11.9. The molecule has 0 saturated carbocycles. The first-order valence-corrected chi connectivity index (χ1v) is 7.74. The van der Waals surface area contributed by atoms with E-state index in [0.717, 1.165) is 0 Å². The van der Waals surface area contributed by atoms with Crippen molar-refractivity contribution in [3.8, 4) is 0 Å². The van der Waals surface area contributed by atoms with E-state index in [9.17, 15) is 13.2 Å². The minimum absolute atomic E-state index is 0.137. The summed E-state index contributed by atoms with van der Waals surface area (Å²) in [7, 11) is -3.87. The van der Waals surface area contributed by atoms with Gasteiger partial charge in [-0.15, -0.1) is 0 Å². The Hall–Kier alpha value is -1.15. The molecule has 1 aromatic rings. The topological polar surface area (TPSA) is 115 Å². The molecule has 8 heteroatoms. The summed E-state index contributed by atoms with van der Waals surface area (Å²) in [5.41, 5.74) is 5.54. The molecule has 0 heterocycles. The fourth-order valence-electron chi connectivity index (χ4n) is 1.38. The van der Waals surface area contributed by atoms with E-state index < -0.39 is 27.4 Å². The standard InChI is InChI=1S/C12H18ClN3O3S/c1-12(2,3)10(14)11(17)16-9-6-7(20(15,18)19)4-5-8(9)13/h4-6,10H,14H2,1-3H3,(H,16,17)(H2,15,18,19). The second-order valence-corrected chi connectivity index (χ2v) is 7.49. The van der Waals surface area contributed by atoms with Crippen LogP contribution in [0.25, 0.3) is 0 Å². The van der Waals surface area contributed by atoms with Crippen molar-refractivity contribution in [3.05, 3.63) is 23.2 Å². The van der Waals surface area contributed by atoms with Gasteiger partial charge >= 0.3 is 0 Å². The number of sulfonamides is 1. The molecule has 0 bridgehead atoms. The number of halogens is 1. The molecule has 20 heavy (non-hydrogen) atoms. The van der Waals surface area contributed by atoms with Crippen molar-refractivity contribution in [2.45, 2.75) is 31.7 Å². The Morgan fingerprint density at radius 3 is 2.35 bits per heavy atom. The first kappa shape index (κ1) is 16.9. The van der Waals surface area contributed by atoms with Gasteiger partial charge in [0.05, 0.1) is 21.6 Å². The van der Waals surface area contributed by atoms with Crippen LogP contribution in [-0.2, 0) is 14.8 Å². The van der Waals surface area contributed by atoms with Gasteiger partial charge in [-0.05, 0) is 23.6 Å². The van der Waals surface area contributed by atoms with Crippen molar-refractivity contribution in [2.24, 2.45) is 16.3 Å². The number of hydrogen-bond donors (Lipinski definition) is 3. The van der Waals surface area contributed by atoms with Gasteiger partial charge in [-0.2, -0.15) is 0 Å². The number of anilines is 1. The minimum Gasteiger partial charge on any atom is -0.323 e. The molecule has 112 valence electrons. The van der Waals surface area contributed by atoms with Gasteiger partial charge in [-0.1, -0.05) is 32.4 Å². The molecule has 0 aromatic heterocycles. The van der Waals surface area contributed by atoms with Crippen LogP contribution in [0.2, 0.25) is 5.02 Å². The van der Waals surface area contributed by atoms with Crippen molar-refractivity contribution < 1.29 is 13.2 Å². The number of carbonyl (C=O) groups excluding carboxylic acids is 1. The number of primary sulfonamides is 1. The number of hydrogen-bond acceptors (Lipinski definition) is 4. The molecule has 1 aromatic carbocycles. The summed E-state index contributed by atoms with van der Waals surface area (Å²) in [6.07, 6.45) is 0. The van der Waals surface area contributed by atoms with Crippen LogP contribution in [0.4, 0.5) is 5.69 Å². The van der Waals surface area contributed by atoms with Crippen LogP contribution in [0.5, 0.6) is 0 Å². The molecule has 0 aliphatic carbocycles. The number of nitrogens with one attached hydrogen (secondary N) is 1. The molecule has 0 saturated heterocycles. The van der Waals surface area contributed by atoms with Gasteiger partial charge in [0.1, 0.15) is 0 Å². The molecule has 0 aliphatic rings. The van der Waals surface area contributed by atoms with E-state index in [0.29, 0.717) is 0 Å². The van der Waals surface area contributed by atoms with E-state index in [-0.39, 0.29) is 15.6 Å². The SMILES string of the molecule is CC(C)(C)C(N)C(=O)Nc1cc(S(N)(=O)=O)ccc1Cl. The lowest BCUT2D eigenvalue weighted by molar-refractivity contribution is -0.119. The number of carbonyl (C=O) groups is 1. The third-order valence-corrected chi connectivity index (χ3v) is 3.98. The van der Waals surface area contributed by atoms with Crippen LogP contribution in [0.3, 0.4) is 0 Å². The third kappa shape index (κ3) is 4.17. The Labute approximate surface area is 123 Å². The molecule has 6 nitrogen and oxygen atoms in total. The first-order valence-electron chi connectivity index (χ1n) is 5.81. The van der Waals surface area contributed by atoms with E-state index >= 15 is 0 Å². The molecule has 0 fully saturated rings. The number of benzene rings is 1. The van der Waals surface area contributed by atoms with Crippen LogP contribution < -0.4 is 16.2 Å². The Balaban J connectivity index is 3.07. The Morgan fingerprint density at radius 2 is 1.90 bits per heavy atom. The van der Waals surface area contributed by atoms with E-state index in [2.05, 4.69) is 5.32 Å². The van der Waals surface area contributed by atoms with Gasteiger partial charge in [0.15, 0.2) is 0 Å².